The molecule has 0 atom stereocenters. The number of benzene rings is 1. The lowest BCUT2D eigenvalue weighted by atomic mass is 10.1. The standard InChI is InChI=1S/C15H15Cl2N3/c1-2-12-14(10-6-5-9(16)7-11(10)17)20-13(8-3-4-8)15(18)19-12/h5-8H,2-4H2,1H3,(H2,18,19). The summed E-state index contributed by atoms with van der Waals surface area (Å²) in [7, 11) is 0. The van der Waals surface area contributed by atoms with Crippen LogP contribution in [0.2, 0.25) is 10.0 Å². The van der Waals surface area contributed by atoms with E-state index in [1.54, 1.807) is 6.07 Å². The van der Waals surface area contributed by atoms with Crippen molar-refractivity contribution >= 4 is 29.0 Å². The average Bonchev–Trinajstić information content (AvgIpc) is 3.23. The Morgan fingerprint density at radius 2 is 2.00 bits per heavy atom. The first-order valence-corrected chi connectivity index (χ1v) is 7.47. The van der Waals surface area contributed by atoms with E-state index in [1.807, 2.05) is 19.1 Å². The maximum absolute atomic E-state index is 6.30. The van der Waals surface area contributed by atoms with E-state index in [1.165, 1.54) is 0 Å². The summed E-state index contributed by atoms with van der Waals surface area (Å²) in [5.41, 5.74) is 9.48. The minimum atomic E-state index is 0.457. The Morgan fingerprint density at radius 3 is 2.60 bits per heavy atom. The molecule has 2 N–H and O–H groups in total. The van der Waals surface area contributed by atoms with E-state index < -0.39 is 0 Å². The summed E-state index contributed by atoms with van der Waals surface area (Å²) in [6, 6.07) is 5.43. The van der Waals surface area contributed by atoms with Crippen molar-refractivity contribution in [2.75, 3.05) is 5.73 Å². The summed E-state index contributed by atoms with van der Waals surface area (Å²) in [6.45, 7) is 2.04. The van der Waals surface area contributed by atoms with Gasteiger partial charge in [0.15, 0.2) is 0 Å². The molecule has 0 aliphatic heterocycles. The maximum atomic E-state index is 6.30. The summed E-state index contributed by atoms with van der Waals surface area (Å²) in [5, 5.41) is 1.20. The SMILES string of the molecule is CCc1nc(N)c(C2CC2)nc1-c1ccc(Cl)cc1Cl. The van der Waals surface area contributed by atoms with Gasteiger partial charge in [-0.05, 0) is 37.5 Å². The van der Waals surface area contributed by atoms with Crippen LogP contribution in [0.15, 0.2) is 18.2 Å². The van der Waals surface area contributed by atoms with Gasteiger partial charge in [0, 0.05) is 16.5 Å². The van der Waals surface area contributed by atoms with Crippen molar-refractivity contribution in [2.45, 2.75) is 32.1 Å². The van der Waals surface area contributed by atoms with Crippen LogP contribution < -0.4 is 5.73 Å². The molecule has 0 unspecified atom stereocenters. The number of nitrogens with two attached hydrogens (primary N) is 1. The topological polar surface area (TPSA) is 51.8 Å². The summed E-state index contributed by atoms with van der Waals surface area (Å²) in [5.74, 6) is 1.01. The second kappa shape index (κ2) is 5.23. The van der Waals surface area contributed by atoms with Gasteiger partial charge in [-0.2, -0.15) is 0 Å². The van der Waals surface area contributed by atoms with E-state index >= 15 is 0 Å². The van der Waals surface area contributed by atoms with E-state index in [2.05, 4.69) is 4.98 Å². The zero-order valence-corrected chi connectivity index (χ0v) is 12.7. The quantitative estimate of drug-likeness (QED) is 0.910. The van der Waals surface area contributed by atoms with E-state index in [-0.39, 0.29) is 0 Å². The van der Waals surface area contributed by atoms with Crippen molar-refractivity contribution in [2.24, 2.45) is 0 Å². The van der Waals surface area contributed by atoms with Crippen molar-refractivity contribution < 1.29 is 0 Å². The minimum Gasteiger partial charge on any atom is -0.382 e. The van der Waals surface area contributed by atoms with Gasteiger partial charge < -0.3 is 5.73 Å². The number of nitrogens with zero attached hydrogens (tertiary/aromatic N) is 2. The number of aromatic nitrogens is 2. The molecule has 2 aromatic rings. The maximum Gasteiger partial charge on any atom is 0.145 e. The molecule has 1 heterocycles. The van der Waals surface area contributed by atoms with Crippen LogP contribution in [0.3, 0.4) is 0 Å². The normalized spacial score (nSPS) is 14.6. The molecule has 3 nitrogen and oxygen atoms in total. The van der Waals surface area contributed by atoms with Crippen molar-refractivity contribution in [3.63, 3.8) is 0 Å². The summed E-state index contributed by atoms with van der Waals surface area (Å²) >= 11 is 12.3. The molecule has 1 aromatic carbocycles. The number of hydrogen-bond donors (Lipinski definition) is 1. The highest BCUT2D eigenvalue weighted by Crippen LogP contribution is 2.42. The second-order valence-corrected chi connectivity index (χ2v) is 5.89. The van der Waals surface area contributed by atoms with Gasteiger partial charge >= 0.3 is 0 Å². The van der Waals surface area contributed by atoms with Crippen LogP contribution in [0, 0.1) is 0 Å². The Labute approximate surface area is 128 Å². The van der Waals surface area contributed by atoms with Gasteiger partial charge in [-0.15, -0.1) is 0 Å². The Bertz CT molecular complexity index is 666. The molecular formula is C15H15Cl2N3. The van der Waals surface area contributed by atoms with Gasteiger partial charge in [0.25, 0.3) is 0 Å². The zero-order chi connectivity index (χ0) is 14.3. The predicted octanol–water partition coefficient (Wildman–Crippen LogP) is 4.47. The molecule has 1 fully saturated rings. The molecule has 1 aliphatic carbocycles. The largest absolute Gasteiger partial charge is 0.382 e. The van der Waals surface area contributed by atoms with E-state index in [0.717, 1.165) is 41.9 Å². The third-order valence-electron chi connectivity index (χ3n) is 3.51. The first-order valence-electron chi connectivity index (χ1n) is 6.71. The molecule has 1 aliphatic rings. The Balaban J connectivity index is 2.17. The average molecular weight is 308 g/mol. The molecular weight excluding hydrogens is 293 g/mol. The molecule has 5 heteroatoms. The molecule has 20 heavy (non-hydrogen) atoms. The van der Waals surface area contributed by atoms with Gasteiger partial charge in [0.2, 0.25) is 0 Å². The highest BCUT2D eigenvalue weighted by atomic mass is 35.5. The Hall–Kier alpha value is -1.32. The number of aryl methyl sites for hydroxylation is 1. The highest BCUT2D eigenvalue weighted by molar-refractivity contribution is 6.36. The Morgan fingerprint density at radius 1 is 1.25 bits per heavy atom. The molecule has 0 spiro atoms. The number of rotatable bonds is 3. The van der Waals surface area contributed by atoms with Crippen molar-refractivity contribution in [3.05, 3.63) is 39.6 Å². The minimum absolute atomic E-state index is 0.457. The van der Waals surface area contributed by atoms with Gasteiger partial charge in [-0.3, -0.25) is 0 Å². The van der Waals surface area contributed by atoms with Crippen molar-refractivity contribution in [1.29, 1.82) is 0 Å². The Kier molecular flexibility index (Phi) is 3.57. The number of hydrogen-bond acceptors (Lipinski definition) is 3. The van der Waals surface area contributed by atoms with Gasteiger partial charge in [0.05, 0.1) is 22.1 Å². The second-order valence-electron chi connectivity index (χ2n) is 5.04. The molecule has 1 saturated carbocycles. The van der Waals surface area contributed by atoms with Crippen LogP contribution >= 0.6 is 23.2 Å². The van der Waals surface area contributed by atoms with Crippen LogP contribution in [0.25, 0.3) is 11.3 Å². The zero-order valence-electron chi connectivity index (χ0n) is 11.2. The molecule has 0 bridgehead atoms. The first kappa shape index (κ1) is 13.7. The lowest BCUT2D eigenvalue weighted by Gasteiger charge is -2.12. The highest BCUT2D eigenvalue weighted by Gasteiger charge is 2.29. The van der Waals surface area contributed by atoms with E-state index in [4.69, 9.17) is 33.9 Å². The fraction of sp³-hybridized carbons (Fsp3) is 0.333. The summed E-state index contributed by atoms with van der Waals surface area (Å²) in [4.78, 5) is 9.27. The number of anilines is 1. The van der Waals surface area contributed by atoms with Crippen LogP contribution in [0.4, 0.5) is 5.82 Å². The summed E-state index contributed by atoms with van der Waals surface area (Å²) < 4.78 is 0. The van der Waals surface area contributed by atoms with Crippen LogP contribution in [-0.4, -0.2) is 9.97 Å². The number of nitrogen functional groups attached to an aromatic ring is 1. The smallest absolute Gasteiger partial charge is 0.145 e. The van der Waals surface area contributed by atoms with Crippen molar-refractivity contribution in [3.8, 4) is 11.3 Å². The molecule has 104 valence electrons. The van der Waals surface area contributed by atoms with Crippen LogP contribution in [-0.2, 0) is 6.42 Å². The molecule has 0 radical (unpaired) electrons. The predicted molar refractivity (Wildman–Crippen MR) is 83.3 cm³/mol. The summed E-state index contributed by atoms with van der Waals surface area (Å²) in [6.07, 6.45) is 3.03. The lowest BCUT2D eigenvalue weighted by Crippen LogP contribution is -2.06. The van der Waals surface area contributed by atoms with E-state index in [0.29, 0.717) is 21.8 Å². The molecule has 0 saturated heterocycles. The van der Waals surface area contributed by atoms with Gasteiger partial charge in [-0.1, -0.05) is 30.1 Å². The molecule has 3 rings (SSSR count). The first-order chi connectivity index (χ1) is 9.60. The fourth-order valence-corrected chi connectivity index (χ4v) is 2.80. The van der Waals surface area contributed by atoms with Crippen LogP contribution in [0.5, 0.6) is 0 Å². The van der Waals surface area contributed by atoms with E-state index in [9.17, 15) is 0 Å². The molecule has 0 amide bonds. The van der Waals surface area contributed by atoms with Crippen molar-refractivity contribution in [1.82, 2.24) is 9.97 Å². The number of halogens is 2. The fourth-order valence-electron chi connectivity index (χ4n) is 2.30. The molecule has 1 aromatic heterocycles. The monoisotopic (exact) mass is 307 g/mol. The third-order valence-corrected chi connectivity index (χ3v) is 4.06. The van der Waals surface area contributed by atoms with Crippen LogP contribution in [0.1, 0.15) is 37.1 Å². The van der Waals surface area contributed by atoms with Gasteiger partial charge in [-0.25, -0.2) is 9.97 Å². The van der Waals surface area contributed by atoms with Gasteiger partial charge in [0.1, 0.15) is 5.82 Å². The third kappa shape index (κ3) is 2.48. The lowest BCUT2D eigenvalue weighted by molar-refractivity contribution is 0.946.